The molecule has 0 aromatic heterocycles. The van der Waals surface area contributed by atoms with Gasteiger partial charge >= 0.3 is 0 Å². The third kappa shape index (κ3) is 4.19. The van der Waals surface area contributed by atoms with E-state index in [-0.39, 0.29) is 6.04 Å². The number of hydrogen-bond acceptors (Lipinski definition) is 2. The zero-order chi connectivity index (χ0) is 21.0. The van der Waals surface area contributed by atoms with Gasteiger partial charge in [0, 0.05) is 11.3 Å². The van der Waals surface area contributed by atoms with E-state index >= 15 is 0 Å². The summed E-state index contributed by atoms with van der Waals surface area (Å²) >= 11 is 0. The molecule has 1 aliphatic rings. The van der Waals surface area contributed by atoms with Crippen molar-refractivity contribution in [3.05, 3.63) is 138 Å². The van der Waals surface area contributed by atoms with E-state index in [1.807, 2.05) is 18.2 Å². The van der Waals surface area contributed by atoms with E-state index in [1.54, 1.807) is 0 Å². The van der Waals surface area contributed by atoms with Crippen LogP contribution in [0.1, 0.15) is 28.3 Å². The largest absolute Gasteiger partial charge is 0.340 e. The minimum absolute atomic E-state index is 0.0339. The van der Waals surface area contributed by atoms with E-state index < -0.39 is 0 Å². The Morgan fingerprint density at radius 3 is 1.87 bits per heavy atom. The molecule has 1 heterocycles. The van der Waals surface area contributed by atoms with Crippen LogP contribution in [0.25, 0.3) is 16.8 Å². The number of aliphatic imine (C=N–C) groups is 1. The van der Waals surface area contributed by atoms with Crippen LogP contribution in [0.2, 0.25) is 0 Å². The second-order valence-electron chi connectivity index (χ2n) is 7.86. The maximum Gasteiger partial charge on any atom is 0.133 e. The second kappa shape index (κ2) is 8.45. The first-order valence-corrected chi connectivity index (χ1v) is 10.6. The van der Waals surface area contributed by atoms with Crippen molar-refractivity contribution < 1.29 is 0 Å². The van der Waals surface area contributed by atoms with Gasteiger partial charge in [0.25, 0.3) is 0 Å². The molecule has 0 fully saturated rings. The summed E-state index contributed by atoms with van der Waals surface area (Å²) in [6, 6.07) is 38.1. The summed E-state index contributed by atoms with van der Waals surface area (Å²) in [6.07, 6.45) is 2.21. The molecule has 4 aromatic carbocycles. The summed E-state index contributed by atoms with van der Waals surface area (Å²) in [7, 11) is 0. The molecule has 2 heteroatoms. The van der Waals surface area contributed by atoms with E-state index in [9.17, 15) is 0 Å². The van der Waals surface area contributed by atoms with Crippen LogP contribution in [-0.4, -0.2) is 5.84 Å². The molecule has 1 unspecified atom stereocenters. The van der Waals surface area contributed by atoms with E-state index in [0.29, 0.717) is 0 Å². The number of benzene rings is 4. The van der Waals surface area contributed by atoms with Crippen molar-refractivity contribution in [2.75, 3.05) is 0 Å². The molecule has 31 heavy (non-hydrogen) atoms. The highest BCUT2D eigenvalue weighted by Gasteiger charge is 2.19. The third-order valence-electron chi connectivity index (χ3n) is 5.53. The third-order valence-corrected chi connectivity index (χ3v) is 5.53. The molecule has 0 spiro atoms. The van der Waals surface area contributed by atoms with E-state index in [2.05, 4.69) is 109 Å². The Balaban J connectivity index is 1.60. The number of nitrogens with zero attached hydrogens (tertiary/aromatic N) is 1. The Hall–Kier alpha value is -3.91. The van der Waals surface area contributed by atoms with Gasteiger partial charge in [-0.1, -0.05) is 97.1 Å². The average molecular weight is 401 g/mol. The highest BCUT2D eigenvalue weighted by atomic mass is 15.0. The first-order chi connectivity index (χ1) is 15.3. The topological polar surface area (TPSA) is 24.4 Å². The molecule has 5 rings (SSSR count). The molecule has 0 saturated heterocycles. The minimum Gasteiger partial charge on any atom is -0.340 e. The lowest BCUT2D eigenvalue weighted by molar-refractivity contribution is 0.880. The van der Waals surface area contributed by atoms with Gasteiger partial charge < -0.3 is 5.32 Å². The Bertz CT molecular complexity index is 1240. The van der Waals surface area contributed by atoms with Gasteiger partial charge in [-0.15, -0.1) is 0 Å². The number of amidine groups is 1. The molecule has 0 bridgehead atoms. The van der Waals surface area contributed by atoms with Crippen molar-refractivity contribution in [3.63, 3.8) is 0 Å². The van der Waals surface area contributed by atoms with Crippen molar-refractivity contribution in [1.29, 1.82) is 0 Å². The van der Waals surface area contributed by atoms with Crippen molar-refractivity contribution in [1.82, 2.24) is 5.32 Å². The molecule has 150 valence electrons. The van der Waals surface area contributed by atoms with Crippen LogP contribution in [-0.2, 0) is 0 Å². The Kier molecular flexibility index (Phi) is 5.20. The fourth-order valence-corrected chi connectivity index (χ4v) is 4.01. The van der Waals surface area contributed by atoms with Gasteiger partial charge in [0.05, 0.1) is 6.04 Å². The van der Waals surface area contributed by atoms with Gasteiger partial charge in [-0.3, -0.25) is 4.99 Å². The van der Waals surface area contributed by atoms with Gasteiger partial charge in [-0.2, -0.15) is 0 Å². The number of rotatable bonds is 4. The molecule has 1 atom stereocenters. The monoisotopic (exact) mass is 400 g/mol. The molecule has 0 aliphatic carbocycles. The van der Waals surface area contributed by atoms with Gasteiger partial charge in [0.15, 0.2) is 0 Å². The highest BCUT2D eigenvalue weighted by molar-refractivity contribution is 6.05. The molecule has 0 amide bonds. The fourth-order valence-electron chi connectivity index (χ4n) is 4.01. The lowest BCUT2D eigenvalue weighted by Gasteiger charge is -2.24. The zero-order valence-corrected chi connectivity index (χ0v) is 17.5. The van der Waals surface area contributed by atoms with E-state index in [0.717, 1.165) is 22.7 Å². The summed E-state index contributed by atoms with van der Waals surface area (Å²) in [4.78, 5) is 5.10. The van der Waals surface area contributed by atoms with Gasteiger partial charge in [-0.05, 0) is 52.9 Å². The first kappa shape index (κ1) is 19.1. The molecule has 2 nitrogen and oxygen atoms in total. The van der Waals surface area contributed by atoms with Crippen LogP contribution in [0.4, 0.5) is 0 Å². The van der Waals surface area contributed by atoms with Crippen LogP contribution < -0.4 is 5.32 Å². The van der Waals surface area contributed by atoms with Crippen LogP contribution in [0.15, 0.2) is 120 Å². The Labute approximate surface area is 183 Å². The number of nitrogens with one attached hydrogen (secondary N) is 1. The molecular formula is C29H24N2. The maximum absolute atomic E-state index is 5.10. The summed E-state index contributed by atoms with van der Waals surface area (Å²) < 4.78 is 0. The quantitative estimate of drug-likeness (QED) is 0.400. The molecule has 4 aromatic rings. The van der Waals surface area contributed by atoms with Crippen LogP contribution in [0.5, 0.6) is 0 Å². The summed E-state index contributed by atoms with van der Waals surface area (Å²) in [5, 5.41) is 3.60. The van der Waals surface area contributed by atoms with Crippen molar-refractivity contribution in [2.24, 2.45) is 4.99 Å². The Morgan fingerprint density at radius 2 is 1.19 bits per heavy atom. The summed E-state index contributed by atoms with van der Waals surface area (Å²) in [6.45, 7) is 2.14. The molecule has 1 N–H and O–H groups in total. The predicted molar refractivity (Wildman–Crippen MR) is 130 cm³/mol. The van der Waals surface area contributed by atoms with Crippen molar-refractivity contribution in [3.8, 4) is 11.1 Å². The van der Waals surface area contributed by atoms with E-state index in [4.69, 9.17) is 4.99 Å². The zero-order valence-electron chi connectivity index (χ0n) is 17.5. The molecule has 0 radical (unpaired) electrons. The first-order valence-electron chi connectivity index (χ1n) is 10.6. The predicted octanol–water partition coefficient (Wildman–Crippen LogP) is 6.79. The highest BCUT2D eigenvalue weighted by Crippen LogP contribution is 2.29. The summed E-state index contributed by atoms with van der Waals surface area (Å²) in [5.41, 5.74) is 8.16. The fraction of sp³-hybridized carbons (Fsp3) is 0.0690. The van der Waals surface area contributed by atoms with Crippen LogP contribution in [0, 0.1) is 6.92 Å². The smallest absolute Gasteiger partial charge is 0.133 e. The van der Waals surface area contributed by atoms with Crippen molar-refractivity contribution >= 4 is 11.5 Å². The lowest BCUT2D eigenvalue weighted by Crippen LogP contribution is -2.27. The lowest BCUT2D eigenvalue weighted by atomic mass is 9.97. The SMILES string of the molecule is Cc1cc(C2=NC(c3ccccc3)C=C(c3ccccc3)N2)cc(-c2ccccc2)c1. The van der Waals surface area contributed by atoms with Gasteiger partial charge in [0.1, 0.15) is 5.84 Å². The second-order valence-corrected chi connectivity index (χ2v) is 7.86. The van der Waals surface area contributed by atoms with Gasteiger partial charge in [0.2, 0.25) is 0 Å². The maximum atomic E-state index is 5.10. The van der Waals surface area contributed by atoms with Gasteiger partial charge in [-0.25, -0.2) is 0 Å². The summed E-state index contributed by atoms with van der Waals surface area (Å²) in [5.74, 6) is 0.899. The normalized spacial score (nSPS) is 15.6. The van der Waals surface area contributed by atoms with Crippen LogP contribution in [0.3, 0.4) is 0 Å². The molecular weight excluding hydrogens is 376 g/mol. The average Bonchev–Trinajstić information content (AvgIpc) is 2.85. The standard InChI is InChI=1S/C29H24N2/c1-21-17-25(22-11-5-2-6-12-22)19-26(18-21)29-30-27(23-13-7-3-8-14-23)20-28(31-29)24-15-9-4-10-16-24/h2-20,27H,1H3,(H,30,31). The Morgan fingerprint density at radius 1 is 0.613 bits per heavy atom. The minimum atomic E-state index is -0.0339. The van der Waals surface area contributed by atoms with Crippen molar-refractivity contribution in [2.45, 2.75) is 13.0 Å². The van der Waals surface area contributed by atoms with Crippen LogP contribution >= 0.6 is 0 Å². The molecule has 0 saturated carbocycles. The van der Waals surface area contributed by atoms with E-state index in [1.165, 1.54) is 22.3 Å². The number of hydrogen-bond donors (Lipinski definition) is 1. The number of aryl methyl sites for hydroxylation is 1. The molecule has 1 aliphatic heterocycles.